The van der Waals surface area contributed by atoms with Crippen LogP contribution in [0.4, 0.5) is 11.4 Å². The van der Waals surface area contributed by atoms with Crippen molar-refractivity contribution in [3.05, 3.63) is 46.5 Å². The number of anilines is 2. The van der Waals surface area contributed by atoms with Crippen molar-refractivity contribution in [2.75, 3.05) is 31.5 Å². The smallest absolute Gasteiger partial charge is 0.340 e. The van der Waals surface area contributed by atoms with Crippen molar-refractivity contribution in [3.63, 3.8) is 0 Å². The van der Waals surface area contributed by atoms with E-state index in [9.17, 15) is 14.4 Å². The Bertz CT molecular complexity index is 1060. The van der Waals surface area contributed by atoms with Gasteiger partial charge in [-0.25, -0.2) is 4.79 Å². The normalized spacial score (nSPS) is 16.7. The fraction of sp³-hybridized carbons (Fsp3) is 0.348. The zero-order valence-corrected chi connectivity index (χ0v) is 19.0. The van der Waals surface area contributed by atoms with E-state index in [-0.39, 0.29) is 28.8 Å². The van der Waals surface area contributed by atoms with Gasteiger partial charge in [-0.05, 0) is 37.0 Å². The maximum Gasteiger partial charge on any atom is 0.340 e. The largest absolute Gasteiger partial charge is 0.493 e. The van der Waals surface area contributed by atoms with E-state index in [1.165, 1.54) is 26.4 Å². The van der Waals surface area contributed by atoms with Crippen molar-refractivity contribution in [1.29, 1.82) is 0 Å². The fourth-order valence-electron chi connectivity index (χ4n) is 3.14. The second-order valence-electron chi connectivity index (χ2n) is 7.65. The molecule has 2 unspecified atom stereocenters. The molecule has 0 aliphatic heterocycles. The summed E-state index contributed by atoms with van der Waals surface area (Å²) >= 11 is 6.06. The van der Waals surface area contributed by atoms with Crippen LogP contribution in [0.3, 0.4) is 0 Å². The van der Waals surface area contributed by atoms with Crippen molar-refractivity contribution in [1.82, 2.24) is 0 Å². The SMILES string of the molecule is COc1cc(NC(=O)C2CC2C)c(C(=O)OCC(=O)Nc2ccc(C)c(Cl)c2)cc1OC. The molecule has 0 bridgehead atoms. The average molecular weight is 461 g/mol. The summed E-state index contributed by atoms with van der Waals surface area (Å²) in [6.45, 7) is 3.30. The highest BCUT2D eigenvalue weighted by Crippen LogP contribution is 2.40. The predicted molar refractivity (Wildman–Crippen MR) is 121 cm³/mol. The van der Waals surface area contributed by atoms with E-state index in [1.807, 2.05) is 13.8 Å². The highest BCUT2D eigenvalue weighted by atomic mass is 35.5. The molecule has 170 valence electrons. The van der Waals surface area contributed by atoms with Gasteiger partial charge in [-0.1, -0.05) is 24.6 Å². The Morgan fingerprint density at radius 1 is 1.06 bits per heavy atom. The van der Waals surface area contributed by atoms with Crippen LogP contribution in [-0.2, 0) is 14.3 Å². The first-order valence-corrected chi connectivity index (χ1v) is 10.4. The summed E-state index contributed by atoms with van der Waals surface area (Å²) < 4.78 is 15.7. The Balaban J connectivity index is 1.72. The molecule has 8 nitrogen and oxygen atoms in total. The summed E-state index contributed by atoms with van der Waals surface area (Å²) in [6, 6.07) is 7.97. The maximum absolute atomic E-state index is 12.7. The van der Waals surface area contributed by atoms with E-state index in [0.717, 1.165) is 12.0 Å². The zero-order chi connectivity index (χ0) is 23.4. The molecule has 2 N–H and O–H groups in total. The third-order valence-corrected chi connectivity index (χ3v) is 5.64. The molecule has 2 atom stereocenters. The van der Waals surface area contributed by atoms with Crippen molar-refractivity contribution in [2.24, 2.45) is 11.8 Å². The number of hydrogen-bond donors (Lipinski definition) is 2. The van der Waals surface area contributed by atoms with E-state index in [0.29, 0.717) is 22.4 Å². The van der Waals surface area contributed by atoms with Crippen molar-refractivity contribution in [2.45, 2.75) is 20.3 Å². The van der Waals surface area contributed by atoms with Crippen LogP contribution in [0.15, 0.2) is 30.3 Å². The number of methoxy groups -OCH3 is 2. The predicted octanol–water partition coefficient (Wildman–Crippen LogP) is 4.06. The Morgan fingerprint density at radius 3 is 2.31 bits per heavy atom. The van der Waals surface area contributed by atoms with Gasteiger partial charge in [-0.15, -0.1) is 0 Å². The van der Waals surface area contributed by atoms with E-state index < -0.39 is 18.5 Å². The van der Waals surface area contributed by atoms with Crippen molar-refractivity contribution < 1.29 is 28.6 Å². The van der Waals surface area contributed by atoms with E-state index in [4.69, 9.17) is 25.8 Å². The minimum atomic E-state index is -0.790. The molecule has 0 radical (unpaired) electrons. The van der Waals surface area contributed by atoms with Gasteiger partial charge in [0.25, 0.3) is 5.91 Å². The summed E-state index contributed by atoms with van der Waals surface area (Å²) in [5.41, 5.74) is 1.64. The number of esters is 1. The molecule has 1 saturated carbocycles. The van der Waals surface area contributed by atoms with Gasteiger partial charge in [0.1, 0.15) is 0 Å². The minimum Gasteiger partial charge on any atom is -0.493 e. The molecule has 9 heteroatoms. The molecule has 1 fully saturated rings. The molecule has 1 aliphatic rings. The first-order chi connectivity index (χ1) is 15.2. The van der Waals surface area contributed by atoms with E-state index in [1.54, 1.807) is 18.2 Å². The number of benzene rings is 2. The summed E-state index contributed by atoms with van der Waals surface area (Å²) in [7, 11) is 2.88. The van der Waals surface area contributed by atoms with Gasteiger partial charge >= 0.3 is 5.97 Å². The maximum atomic E-state index is 12.7. The molecule has 2 aromatic carbocycles. The number of aryl methyl sites for hydroxylation is 1. The Kier molecular flexibility index (Phi) is 7.25. The Hall–Kier alpha value is -3.26. The lowest BCUT2D eigenvalue weighted by atomic mass is 10.1. The van der Waals surface area contributed by atoms with Crippen LogP contribution < -0.4 is 20.1 Å². The van der Waals surface area contributed by atoms with Gasteiger partial charge in [0.15, 0.2) is 18.1 Å². The van der Waals surface area contributed by atoms with Gasteiger partial charge < -0.3 is 24.8 Å². The highest BCUT2D eigenvalue weighted by molar-refractivity contribution is 6.31. The van der Waals surface area contributed by atoms with Crippen LogP contribution in [0.25, 0.3) is 0 Å². The Morgan fingerprint density at radius 2 is 1.72 bits per heavy atom. The fourth-order valence-corrected chi connectivity index (χ4v) is 3.32. The third-order valence-electron chi connectivity index (χ3n) is 5.24. The minimum absolute atomic E-state index is 0.0514. The number of rotatable bonds is 8. The number of amides is 2. The molecule has 0 aromatic heterocycles. The van der Waals surface area contributed by atoms with Gasteiger partial charge in [-0.2, -0.15) is 0 Å². The summed E-state index contributed by atoms with van der Waals surface area (Å²) in [4.78, 5) is 37.4. The summed E-state index contributed by atoms with van der Waals surface area (Å²) in [6.07, 6.45) is 0.794. The molecule has 32 heavy (non-hydrogen) atoms. The number of halogens is 1. The molecule has 0 saturated heterocycles. The summed E-state index contributed by atoms with van der Waals surface area (Å²) in [5.74, 6) is -0.678. The van der Waals surface area contributed by atoms with Gasteiger partial charge in [0.2, 0.25) is 5.91 Å². The van der Waals surface area contributed by atoms with Crippen LogP contribution >= 0.6 is 11.6 Å². The van der Waals surface area contributed by atoms with Crippen LogP contribution in [0.1, 0.15) is 29.3 Å². The van der Waals surface area contributed by atoms with Gasteiger partial charge in [0, 0.05) is 28.8 Å². The van der Waals surface area contributed by atoms with Gasteiger partial charge in [0.05, 0.1) is 25.5 Å². The monoisotopic (exact) mass is 460 g/mol. The lowest BCUT2D eigenvalue weighted by molar-refractivity contribution is -0.119. The number of nitrogens with one attached hydrogen (secondary N) is 2. The third kappa shape index (κ3) is 5.50. The molecule has 2 amide bonds. The van der Waals surface area contributed by atoms with Crippen molar-refractivity contribution >= 4 is 40.8 Å². The number of hydrogen-bond acceptors (Lipinski definition) is 6. The number of carbonyl (C=O) groups is 3. The molecular formula is C23H25ClN2O6. The van der Waals surface area contributed by atoms with E-state index in [2.05, 4.69) is 10.6 Å². The van der Waals surface area contributed by atoms with E-state index >= 15 is 0 Å². The Labute approximate surface area is 191 Å². The molecule has 0 heterocycles. The van der Waals surface area contributed by atoms with Crippen LogP contribution in [0.2, 0.25) is 5.02 Å². The lowest BCUT2D eigenvalue weighted by Gasteiger charge is -2.15. The molecular weight excluding hydrogens is 436 g/mol. The first-order valence-electron chi connectivity index (χ1n) is 10.0. The topological polar surface area (TPSA) is 103 Å². The number of carbonyl (C=O) groups excluding carboxylic acids is 3. The summed E-state index contributed by atoms with van der Waals surface area (Å²) in [5, 5.41) is 5.89. The standard InChI is InChI=1S/C23H25ClN2O6/c1-12-5-6-14(8-17(12)24)25-21(27)11-32-23(29)16-9-19(30-3)20(31-4)10-18(16)26-22(28)15-7-13(15)2/h5-6,8-10,13,15H,7,11H2,1-4H3,(H,25,27)(H,26,28). The first kappa shape index (κ1) is 23.4. The molecule has 2 aromatic rings. The highest BCUT2D eigenvalue weighted by Gasteiger charge is 2.39. The second kappa shape index (κ2) is 9.91. The lowest BCUT2D eigenvalue weighted by Crippen LogP contribution is -2.22. The quantitative estimate of drug-likeness (QED) is 0.576. The zero-order valence-electron chi connectivity index (χ0n) is 18.3. The van der Waals surface area contributed by atoms with Crippen molar-refractivity contribution in [3.8, 4) is 11.5 Å². The number of ether oxygens (including phenoxy) is 3. The molecule has 3 rings (SSSR count). The van der Waals surface area contributed by atoms with Crippen LogP contribution in [0.5, 0.6) is 11.5 Å². The second-order valence-corrected chi connectivity index (χ2v) is 8.06. The molecule has 0 spiro atoms. The van der Waals surface area contributed by atoms with Crippen LogP contribution in [0, 0.1) is 18.8 Å². The van der Waals surface area contributed by atoms with Gasteiger partial charge in [-0.3, -0.25) is 9.59 Å². The molecule has 1 aliphatic carbocycles. The average Bonchev–Trinajstić information content (AvgIpc) is 3.51. The van der Waals surface area contributed by atoms with Crippen LogP contribution in [-0.4, -0.2) is 38.6 Å².